The van der Waals surface area contributed by atoms with Gasteiger partial charge in [0.2, 0.25) is 0 Å². The number of hydrogen-bond acceptors (Lipinski definition) is 4. The zero-order valence-corrected chi connectivity index (χ0v) is 13.9. The number of hydrogen-bond donors (Lipinski definition) is 1. The molecule has 0 radical (unpaired) electrons. The van der Waals surface area contributed by atoms with Gasteiger partial charge >= 0.3 is 0 Å². The van der Waals surface area contributed by atoms with E-state index in [1.54, 1.807) is 17.5 Å². The largest absolute Gasteiger partial charge is 0.367 e. The summed E-state index contributed by atoms with van der Waals surface area (Å²) in [7, 11) is 0. The number of nitrogens with one attached hydrogen (secondary N) is 1. The molecule has 3 rings (SSSR count). The first-order valence-electron chi connectivity index (χ1n) is 7.55. The molecule has 1 aliphatic rings. The third kappa shape index (κ3) is 3.08. The zero-order chi connectivity index (χ0) is 15.7. The highest BCUT2D eigenvalue weighted by Gasteiger charge is 2.28. The van der Waals surface area contributed by atoms with Crippen LogP contribution in [0, 0.1) is 6.92 Å². The number of carbonyl (C=O) groups is 1. The number of morpholine rings is 1. The molecule has 1 atom stereocenters. The lowest BCUT2D eigenvalue weighted by molar-refractivity contribution is -0.0264. The van der Waals surface area contributed by atoms with E-state index < -0.39 is 0 Å². The molecule has 2 aromatic heterocycles. The van der Waals surface area contributed by atoms with Gasteiger partial charge in [0.15, 0.2) is 0 Å². The van der Waals surface area contributed by atoms with Crippen LogP contribution in [-0.2, 0) is 4.74 Å². The molecule has 1 fully saturated rings. The predicted octanol–water partition coefficient (Wildman–Crippen LogP) is 3.12. The molecule has 3 heterocycles. The average molecular weight is 319 g/mol. The molecule has 0 aromatic carbocycles. The minimum atomic E-state index is -0.172. The number of nitrogens with zero attached hydrogens (tertiary/aromatic N) is 2. The van der Waals surface area contributed by atoms with Crippen LogP contribution in [0.4, 0.5) is 0 Å². The topological polar surface area (TPSA) is 58.2 Å². The third-order valence-corrected chi connectivity index (χ3v) is 5.05. The molecule has 1 saturated heterocycles. The van der Waals surface area contributed by atoms with Crippen LogP contribution in [0.25, 0.3) is 0 Å². The maximum Gasteiger partial charge on any atom is 0.254 e. The molecule has 2 aromatic rings. The number of thiophene rings is 1. The molecule has 6 heteroatoms. The predicted molar refractivity (Wildman–Crippen MR) is 86.3 cm³/mol. The van der Waals surface area contributed by atoms with Crippen LogP contribution in [0.5, 0.6) is 0 Å². The van der Waals surface area contributed by atoms with Gasteiger partial charge in [-0.2, -0.15) is 0 Å². The zero-order valence-electron chi connectivity index (χ0n) is 13.1. The van der Waals surface area contributed by atoms with Crippen LogP contribution < -0.4 is 0 Å². The SMILES string of the molecule is Cc1cnc([C@@H]2CN(C(=O)c3csc(C(C)C)c3)CCO2)[nH]1. The Morgan fingerprint density at radius 2 is 2.36 bits per heavy atom. The lowest BCUT2D eigenvalue weighted by atomic mass is 10.1. The van der Waals surface area contributed by atoms with Gasteiger partial charge in [0.1, 0.15) is 11.9 Å². The Balaban J connectivity index is 1.72. The number of ether oxygens (including phenoxy) is 1. The summed E-state index contributed by atoms with van der Waals surface area (Å²) in [5.74, 6) is 1.33. The van der Waals surface area contributed by atoms with E-state index in [-0.39, 0.29) is 12.0 Å². The van der Waals surface area contributed by atoms with Crippen molar-refractivity contribution in [2.75, 3.05) is 19.7 Å². The summed E-state index contributed by atoms with van der Waals surface area (Å²) >= 11 is 1.65. The van der Waals surface area contributed by atoms with E-state index in [9.17, 15) is 4.79 Å². The van der Waals surface area contributed by atoms with Gasteiger partial charge in [-0.3, -0.25) is 4.79 Å². The van der Waals surface area contributed by atoms with E-state index >= 15 is 0 Å². The molecule has 1 N–H and O–H groups in total. The van der Waals surface area contributed by atoms with Gasteiger partial charge < -0.3 is 14.6 Å². The van der Waals surface area contributed by atoms with Crippen LogP contribution in [0.2, 0.25) is 0 Å². The summed E-state index contributed by atoms with van der Waals surface area (Å²) in [4.78, 5) is 23.3. The van der Waals surface area contributed by atoms with Gasteiger partial charge in [-0.15, -0.1) is 11.3 Å². The maximum absolute atomic E-state index is 12.7. The summed E-state index contributed by atoms with van der Waals surface area (Å²) < 4.78 is 5.75. The highest BCUT2D eigenvalue weighted by atomic mass is 32.1. The normalized spacial score (nSPS) is 18.9. The minimum absolute atomic E-state index is 0.0831. The second kappa shape index (κ2) is 6.22. The van der Waals surface area contributed by atoms with Crippen LogP contribution in [-0.4, -0.2) is 40.5 Å². The molecular formula is C16H21N3O2S. The van der Waals surface area contributed by atoms with Crippen molar-refractivity contribution < 1.29 is 9.53 Å². The lowest BCUT2D eigenvalue weighted by Gasteiger charge is -2.31. The van der Waals surface area contributed by atoms with Crippen molar-refractivity contribution in [2.24, 2.45) is 0 Å². The molecule has 22 heavy (non-hydrogen) atoms. The van der Waals surface area contributed by atoms with E-state index in [0.29, 0.717) is 25.6 Å². The Bertz CT molecular complexity index is 662. The molecule has 1 amide bonds. The van der Waals surface area contributed by atoms with Crippen molar-refractivity contribution in [2.45, 2.75) is 32.8 Å². The second-order valence-corrected chi connectivity index (χ2v) is 6.90. The molecule has 0 saturated carbocycles. The van der Waals surface area contributed by atoms with E-state index in [1.807, 2.05) is 23.3 Å². The molecule has 0 aliphatic carbocycles. The van der Waals surface area contributed by atoms with Crippen LogP contribution >= 0.6 is 11.3 Å². The fourth-order valence-electron chi connectivity index (χ4n) is 2.55. The Labute approximate surface area is 134 Å². The number of imidazole rings is 1. The van der Waals surface area contributed by atoms with Crippen molar-refractivity contribution in [3.8, 4) is 0 Å². The second-order valence-electron chi connectivity index (χ2n) is 5.95. The number of amides is 1. The third-order valence-electron chi connectivity index (χ3n) is 3.82. The molecule has 5 nitrogen and oxygen atoms in total. The Kier molecular flexibility index (Phi) is 4.31. The smallest absolute Gasteiger partial charge is 0.254 e. The number of aryl methyl sites for hydroxylation is 1. The fourth-order valence-corrected chi connectivity index (χ4v) is 3.45. The number of H-pyrrole nitrogens is 1. The van der Waals surface area contributed by atoms with Crippen molar-refractivity contribution in [3.63, 3.8) is 0 Å². The van der Waals surface area contributed by atoms with Crippen molar-refractivity contribution in [1.29, 1.82) is 0 Å². The summed E-state index contributed by atoms with van der Waals surface area (Å²) in [6, 6.07) is 2.01. The molecule has 0 unspecified atom stereocenters. The highest BCUT2D eigenvalue weighted by molar-refractivity contribution is 7.10. The molecule has 1 aliphatic heterocycles. The highest BCUT2D eigenvalue weighted by Crippen LogP contribution is 2.26. The molecular weight excluding hydrogens is 298 g/mol. The van der Waals surface area contributed by atoms with Crippen molar-refractivity contribution in [3.05, 3.63) is 39.6 Å². The summed E-state index contributed by atoms with van der Waals surface area (Å²) in [6.07, 6.45) is 1.61. The Morgan fingerprint density at radius 3 is 3.00 bits per heavy atom. The summed E-state index contributed by atoms with van der Waals surface area (Å²) in [5, 5.41) is 1.96. The van der Waals surface area contributed by atoms with Crippen LogP contribution in [0.1, 0.15) is 52.6 Å². The van der Waals surface area contributed by atoms with Gasteiger partial charge in [-0.05, 0) is 18.9 Å². The molecule has 0 bridgehead atoms. The first-order chi connectivity index (χ1) is 10.5. The van der Waals surface area contributed by atoms with E-state index in [0.717, 1.165) is 17.1 Å². The minimum Gasteiger partial charge on any atom is -0.367 e. The van der Waals surface area contributed by atoms with Crippen LogP contribution in [0.3, 0.4) is 0 Å². The van der Waals surface area contributed by atoms with Gasteiger partial charge in [-0.25, -0.2) is 4.98 Å². The maximum atomic E-state index is 12.7. The number of aromatic nitrogens is 2. The fraction of sp³-hybridized carbons (Fsp3) is 0.500. The van der Waals surface area contributed by atoms with Crippen molar-refractivity contribution in [1.82, 2.24) is 14.9 Å². The average Bonchev–Trinajstić information content (AvgIpc) is 3.15. The van der Waals surface area contributed by atoms with E-state index in [4.69, 9.17) is 4.74 Å². The molecule has 0 spiro atoms. The monoisotopic (exact) mass is 319 g/mol. The molecule has 118 valence electrons. The lowest BCUT2D eigenvalue weighted by Crippen LogP contribution is -2.42. The Morgan fingerprint density at radius 1 is 1.55 bits per heavy atom. The van der Waals surface area contributed by atoms with Crippen molar-refractivity contribution >= 4 is 17.2 Å². The first kappa shape index (κ1) is 15.2. The first-order valence-corrected chi connectivity index (χ1v) is 8.43. The van der Waals surface area contributed by atoms with Gasteiger partial charge in [0.25, 0.3) is 5.91 Å². The van der Waals surface area contributed by atoms with Crippen LogP contribution in [0.15, 0.2) is 17.6 Å². The quantitative estimate of drug-likeness (QED) is 0.945. The summed E-state index contributed by atoms with van der Waals surface area (Å²) in [6.45, 7) is 7.95. The summed E-state index contributed by atoms with van der Waals surface area (Å²) in [5.41, 5.74) is 1.78. The standard InChI is InChI=1S/C16H21N3O2S/c1-10(2)14-6-12(9-22-14)16(20)19-4-5-21-13(8-19)15-17-7-11(3)18-15/h6-7,9-10,13H,4-5,8H2,1-3H3,(H,17,18)/t13-/m0/s1. The number of carbonyl (C=O) groups excluding carboxylic acids is 1. The number of rotatable bonds is 3. The number of aromatic amines is 1. The van der Waals surface area contributed by atoms with Gasteiger partial charge in [0.05, 0.1) is 18.7 Å². The van der Waals surface area contributed by atoms with E-state index in [1.165, 1.54) is 4.88 Å². The van der Waals surface area contributed by atoms with Gasteiger partial charge in [0, 0.05) is 28.7 Å². The van der Waals surface area contributed by atoms with E-state index in [2.05, 4.69) is 23.8 Å². The Hall–Kier alpha value is -1.66. The van der Waals surface area contributed by atoms with Gasteiger partial charge in [-0.1, -0.05) is 13.8 Å².